The van der Waals surface area contributed by atoms with Gasteiger partial charge in [0.2, 0.25) is 5.56 Å². The van der Waals surface area contributed by atoms with Crippen molar-refractivity contribution in [2.75, 3.05) is 4.90 Å². The second-order valence-electron chi connectivity index (χ2n) is 6.70. The van der Waals surface area contributed by atoms with Crippen LogP contribution in [0.2, 0.25) is 5.02 Å². The Hall–Kier alpha value is -3.17. The molecule has 0 spiro atoms. The van der Waals surface area contributed by atoms with E-state index in [0.29, 0.717) is 10.6 Å². The van der Waals surface area contributed by atoms with E-state index in [2.05, 4.69) is 9.97 Å². The number of aryl methyl sites for hydroxylation is 1. The quantitative estimate of drug-likeness (QED) is 0.452. The molecule has 0 radical (unpaired) electrons. The molecule has 1 amide bonds. The summed E-state index contributed by atoms with van der Waals surface area (Å²) < 4.78 is 41.6. The number of fused-ring (bicyclic) bond motifs is 1. The van der Waals surface area contributed by atoms with E-state index in [1.54, 1.807) is 6.92 Å². The standard InChI is InChI=1S/C21H13ClF3N3O2S/c1-10-20(31-9-26-10)21(30)28(12-2-4-15(23)14(22)7-12)8-11-6-17(29)27-19-13(11)3-5-16(24)18(19)25/h2-7,9H,8H2,1H3,(H,27,29). The summed E-state index contributed by atoms with van der Waals surface area (Å²) in [6.45, 7) is 1.49. The van der Waals surface area contributed by atoms with Crippen LogP contribution in [0.1, 0.15) is 20.9 Å². The van der Waals surface area contributed by atoms with E-state index in [-0.39, 0.29) is 33.7 Å². The number of halogens is 4. The first-order valence-electron chi connectivity index (χ1n) is 8.93. The first-order valence-corrected chi connectivity index (χ1v) is 10.2. The lowest BCUT2D eigenvalue weighted by atomic mass is 10.1. The molecular weight excluding hydrogens is 451 g/mol. The topological polar surface area (TPSA) is 66.1 Å². The maximum Gasteiger partial charge on any atom is 0.270 e. The van der Waals surface area contributed by atoms with E-state index in [1.807, 2.05) is 0 Å². The van der Waals surface area contributed by atoms with Crippen molar-refractivity contribution in [2.24, 2.45) is 0 Å². The third-order valence-electron chi connectivity index (χ3n) is 4.72. The van der Waals surface area contributed by atoms with Gasteiger partial charge in [-0.15, -0.1) is 11.3 Å². The van der Waals surface area contributed by atoms with Gasteiger partial charge in [0, 0.05) is 17.1 Å². The van der Waals surface area contributed by atoms with E-state index >= 15 is 0 Å². The van der Waals surface area contributed by atoms with E-state index in [1.165, 1.54) is 34.7 Å². The summed E-state index contributed by atoms with van der Waals surface area (Å²) in [7, 11) is 0. The van der Waals surface area contributed by atoms with E-state index in [0.717, 1.165) is 23.5 Å². The monoisotopic (exact) mass is 463 g/mol. The largest absolute Gasteiger partial charge is 0.319 e. The van der Waals surface area contributed by atoms with Gasteiger partial charge in [0.05, 0.1) is 28.3 Å². The number of amides is 1. The molecule has 0 aliphatic carbocycles. The molecule has 4 rings (SSSR count). The van der Waals surface area contributed by atoms with Crippen molar-refractivity contribution in [1.82, 2.24) is 9.97 Å². The second-order valence-corrected chi connectivity index (χ2v) is 7.96. The number of H-pyrrole nitrogens is 1. The molecule has 10 heteroatoms. The minimum Gasteiger partial charge on any atom is -0.319 e. The Bertz CT molecular complexity index is 1390. The number of rotatable bonds is 4. The number of pyridine rings is 1. The number of aromatic amines is 1. The average Bonchev–Trinajstić information content (AvgIpc) is 3.16. The highest BCUT2D eigenvalue weighted by Gasteiger charge is 2.24. The lowest BCUT2D eigenvalue weighted by Crippen LogP contribution is -2.31. The van der Waals surface area contributed by atoms with Crippen LogP contribution in [0, 0.1) is 24.4 Å². The molecule has 1 N–H and O–H groups in total. The maximum atomic E-state index is 14.3. The zero-order valence-electron chi connectivity index (χ0n) is 15.9. The number of aromatic nitrogens is 2. The summed E-state index contributed by atoms with van der Waals surface area (Å²) in [5, 5.41) is 0.0331. The van der Waals surface area contributed by atoms with Gasteiger partial charge in [-0.2, -0.15) is 0 Å². The normalized spacial score (nSPS) is 11.1. The SMILES string of the molecule is Cc1ncsc1C(=O)N(Cc1cc(=O)[nH]c2c(F)c(F)ccc12)c1ccc(F)c(Cl)c1. The summed E-state index contributed by atoms with van der Waals surface area (Å²) in [4.78, 5) is 33.4. The summed E-state index contributed by atoms with van der Waals surface area (Å²) >= 11 is 7.03. The van der Waals surface area contributed by atoms with Crippen molar-refractivity contribution in [1.29, 1.82) is 0 Å². The molecule has 4 aromatic rings. The molecule has 0 saturated carbocycles. The minimum atomic E-state index is -1.20. The van der Waals surface area contributed by atoms with Crippen molar-refractivity contribution < 1.29 is 18.0 Å². The van der Waals surface area contributed by atoms with Crippen LogP contribution in [0.25, 0.3) is 10.9 Å². The molecular formula is C21H13ClF3N3O2S. The fraction of sp³-hybridized carbons (Fsp3) is 0.0952. The average molecular weight is 464 g/mol. The Labute approximate surface area is 182 Å². The van der Waals surface area contributed by atoms with Crippen LogP contribution in [-0.2, 0) is 6.54 Å². The Morgan fingerprint density at radius 2 is 1.90 bits per heavy atom. The van der Waals surface area contributed by atoms with Crippen LogP contribution in [-0.4, -0.2) is 15.9 Å². The van der Waals surface area contributed by atoms with Crippen molar-refractivity contribution >= 4 is 45.4 Å². The molecule has 2 aromatic carbocycles. The molecule has 31 heavy (non-hydrogen) atoms. The molecule has 0 bridgehead atoms. The molecule has 158 valence electrons. The predicted molar refractivity (Wildman–Crippen MR) is 113 cm³/mol. The van der Waals surface area contributed by atoms with Gasteiger partial charge in [0.1, 0.15) is 10.7 Å². The predicted octanol–water partition coefficient (Wildman–Crippen LogP) is 5.21. The number of carbonyl (C=O) groups is 1. The fourth-order valence-corrected chi connectivity index (χ4v) is 4.13. The smallest absolute Gasteiger partial charge is 0.270 e. The van der Waals surface area contributed by atoms with E-state index in [9.17, 15) is 22.8 Å². The molecule has 2 heterocycles. The van der Waals surface area contributed by atoms with Gasteiger partial charge in [-0.3, -0.25) is 9.59 Å². The third-order valence-corrected chi connectivity index (χ3v) is 5.93. The highest BCUT2D eigenvalue weighted by molar-refractivity contribution is 7.12. The van der Waals surface area contributed by atoms with Crippen molar-refractivity contribution in [3.8, 4) is 0 Å². The zero-order valence-corrected chi connectivity index (χ0v) is 17.5. The number of thiazole rings is 1. The van der Waals surface area contributed by atoms with Gasteiger partial charge in [0.15, 0.2) is 11.6 Å². The minimum absolute atomic E-state index is 0.177. The first kappa shape index (κ1) is 21.1. The fourth-order valence-electron chi connectivity index (χ4n) is 3.20. The van der Waals surface area contributed by atoms with Crippen LogP contribution in [0.15, 0.2) is 46.7 Å². The Kier molecular flexibility index (Phi) is 5.55. The van der Waals surface area contributed by atoms with Gasteiger partial charge in [-0.05, 0) is 42.8 Å². The summed E-state index contributed by atoms with van der Waals surface area (Å²) in [5.74, 6) is -3.43. The molecule has 0 aliphatic rings. The lowest BCUT2D eigenvalue weighted by molar-refractivity contribution is 0.0988. The molecule has 0 unspecified atom stereocenters. The third kappa shape index (κ3) is 3.94. The number of hydrogen-bond acceptors (Lipinski definition) is 4. The molecule has 2 aromatic heterocycles. The van der Waals surface area contributed by atoms with Crippen LogP contribution in [0.4, 0.5) is 18.9 Å². The summed E-state index contributed by atoms with van der Waals surface area (Å²) in [6, 6.07) is 7.21. The lowest BCUT2D eigenvalue weighted by Gasteiger charge is -2.24. The van der Waals surface area contributed by atoms with Crippen molar-refractivity contribution in [3.05, 3.63) is 90.9 Å². The Balaban J connectivity index is 1.88. The molecule has 0 atom stereocenters. The van der Waals surface area contributed by atoms with E-state index < -0.39 is 28.9 Å². The Morgan fingerprint density at radius 3 is 2.58 bits per heavy atom. The highest BCUT2D eigenvalue weighted by Crippen LogP contribution is 2.29. The van der Waals surface area contributed by atoms with Gasteiger partial charge >= 0.3 is 0 Å². The first-order chi connectivity index (χ1) is 14.8. The number of anilines is 1. The molecule has 5 nitrogen and oxygen atoms in total. The molecule has 0 fully saturated rings. The van der Waals surface area contributed by atoms with Gasteiger partial charge in [-0.1, -0.05) is 11.6 Å². The number of carbonyl (C=O) groups excluding carboxylic acids is 1. The summed E-state index contributed by atoms with van der Waals surface area (Å²) in [5.41, 5.74) is 1.58. The second kappa shape index (κ2) is 8.16. The van der Waals surface area contributed by atoms with Crippen LogP contribution in [0.5, 0.6) is 0 Å². The number of hydrogen-bond donors (Lipinski definition) is 1. The van der Waals surface area contributed by atoms with Crippen molar-refractivity contribution in [3.63, 3.8) is 0 Å². The van der Waals surface area contributed by atoms with Gasteiger partial charge in [0.25, 0.3) is 5.91 Å². The highest BCUT2D eigenvalue weighted by atomic mass is 35.5. The number of nitrogens with zero attached hydrogens (tertiary/aromatic N) is 2. The van der Waals surface area contributed by atoms with Crippen LogP contribution < -0.4 is 10.5 Å². The van der Waals surface area contributed by atoms with Gasteiger partial charge < -0.3 is 9.88 Å². The van der Waals surface area contributed by atoms with Crippen LogP contribution in [0.3, 0.4) is 0 Å². The van der Waals surface area contributed by atoms with Gasteiger partial charge in [-0.25, -0.2) is 18.2 Å². The van der Waals surface area contributed by atoms with Crippen molar-refractivity contribution in [2.45, 2.75) is 13.5 Å². The number of benzene rings is 2. The molecule has 0 saturated heterocycles. The summed E-state index contributed by atoms with van der Waals surface area (Å²) in [6.07, 6.45) is 0. The Morgan fingerprint density at radius 1 is 1.16 bits per heavy atom. The van der Waals surface area contributed by atoms with E-state index in [4.69, 9.17) is 11.6 Å². The number of nitrogens with one attached hydrogen (secondary N) is 1. The zero-order chi connectivity index (χ0) is 22.3. The van der Waals surface area contributed by atoms with Crippen LogP contribution >= 0.6 is 22.9 Å². The maximum absolute atomic E-state index is 14.3. The molecule has 0 aliphatic heterocycles.